The molecule has 0 spiro atoms. The topological polar surface area (TPSA) is 89.3 Å². The minimum Gasteiger partial charge on any atom is -0.378 e. The minimum atomic E-state index is 0.111. The van der Waals surface area contributed by atoms with Crippen LogP contribution in [0, 0.1) is 6.92 Å². The van der Waals surface area contributed by atoms with E-state index in [2.05, 4.69) is 20.8 Å². The summed E-state index contributed by atoms with van der Waals surface area (Å²) in [4.78, 5) is 16.4. The number of aryl methyl sites for hydroxylation is 1. The van der Waals surface area contributed by atoms with E-state index in [0.29, 0.717) is 24.8 Å². The monoisotopic (exact) mass is 308 g/mol. The zero-order valence-corrected chi connectivity index (χ0v) is 13.0. The molecule has 122 valence electrons. The number of nitrogens with zero attached hydrogens (tertiary/aromatic N) is 2. The van der Waals surface area contributed by atoms with E-state index in [9.17, 15) is 4.79 Å². The fourth-order valence-electron chi connectivity index (χ4n) is 3.22. The number of carbonyl (C=O) groups is 1. The van der Waals surface area contributed by atoms with Crippen molar-refractivity contribution in [3.63, 3.8) is 0 Å². The highest BCUT2D eigenvalue weighted by Crippen LogP contribution is 2.31. The number of aromatic nitrogens is 2. The van der Waals surface area contributed by atoms with Crippen LogP contribution in [0.5, 0.6) is 0 Å². The second-order valence-electron chi connectivity index (χ2n) is 6.23. The molecule has 2 fully saturated rings. The van der Waals surface area contributed by atoms with Crippen molar-refractivity contribution >= 4 is 5.91 Å². The number of rotatable bonds is 4. The van der Waals surface area contributed by atoms with Crippen LogP contribution in [-0.4, -0.2) is 47.9 Å². The lowest BCUT2D eigenvalue weighted by Gasteiger charge is -2.28. The van der Waals surface area contributed by atoms with Crippen molar-refractivity contribution in [3.8, 4) is 0 Å². The van der Waals surface area contributed by atoms with Gasteiger partial charge in [0.1, 0.15) is 0 Å². The summed E-state index contributed by atoms with van der Waals surface area (Å²) in [7, 11) is 0. The third-order valence-electron chi connectivity index (χ3n) is 4.42. The van der Waals surface area contributed by atoms with E-state index >= 15 is 0 Å². The van der Waals surface area contributed by atoms with Gasteiger partial charge in [-0.1, -0.05) is 5.16 Å². The van der Waals surface area contributed by atoms with Gasteiger partial charge in [0.2, 0.25) is 11.8 Å². The standard InChI is InChI=1S/C15H24N4O3/c1-10-17-15(22-19-10)11-2-4-12(5-3-11)18-14(20)8-13-9-21-7-6-16-13/h11-13,16H,2-9H2,1H3,(H,18,20). The average molecular weight is 308 g/mol. The van der Waals surface area contributed by atoms with Gasteiger partial charge >= 0.3 is 0 Å². The lowest BCUT2D eigenvalue weighted by Crippen LogP contribution is -2.46. The van der Waals surface area contributed by atoms with E-state index in [1.807, 2.05) is 6.92 Å². The molecule has 1 atom stereocenters. The molecule has 7 nitrogen and oxygen atoms in total. The van der Waals surface area contributed by atoms with E-state index in [0.717, 1.165) is 44.7 Å². The van der Waals surface area contributed by atoms with Gasteiger partial charge in [-0.2, -0.15) is 4.98 Å². The predicted molar refractivity (Wildman–Crippen MR) is 79.4 cm³/mol. The number of carbonyl (C=O) groups excluding carboxylic acids is 1. The third-order valence-corrected chi connectivity index (χ3v) is 4.42. The molecule has 22 heavy (non-hydrogen) atoms. The highest BCUT2D eigenvalue weighted by atomic mass is 16.5. The van der Waals surface area contributed by atoms with Crippen LogP contribution in [0.3, 0.4) is 0 Å². The van der Waals surface area contributed by atoms with Crippen molar-refractivity contribution in [1.29, 1.82) is 0 Å². The molecular formula is C15H24N4O3. The highest BCUT2D eigenvalue weighted by Gasteiger charge is 2.27. The molecule has 1 saturated carbocycles. The lowest BCUT2D eigenvalue weighted by atomic mass is 9.86. The molecule has 7 heteroatoms. The number of morpholine rings is 1. The second-order valence-corrected chi connectivity index (χ2v) is 6.23. The average Bonchev–Trinajstić information content (AvgIpc) is 2.95. The first-order valence-electron chi connectivity index (χ1n) is 8.11. The van der Waals surface area contributed by atoms with E-state index < -0.39 is 0 Å². The Morgan fingerprint density at radius 1 is 1.36 bits per heavy atom. The molecule has 1 aromatic heterocycles. The Hall–Kier alpha value is -1.47. The molecule has 3 rings (SSSR count). The number of hydrogen-bond acceptors (Lipinski definition) is 6. The SMILES string of the molecule is Cc1noc(C2CCC(NC(=O)CC3COCCN3)CC2)n1. The third kappa shape index (κ3) is 4.04. The minimum absolute atomic E-state index is 0.111. The van der Waals surface area contributed by atoms with Crippen molar-refractivity contribution in [1.82, 2.24) is 20.8 Å². The molecule has 1 amide bonds. The van der Waals surface area contributed by atoms with Crippen LogP contribution in [0.2, 0.25) is 0 Å². The summed E-state index contributed by atoms with van der Waals surface area (Å²) >= 11 is 0. The summed E-state index contributed by atoms with van der Waals surface area (Å²) in [6.45, 7) is 4.02. The van der Waals surface area contributed by atoms with Gasteiger partial charge < -0.3 is 19.9 Å². The van der Waals surface area contributed by atoms with Crippen molar-refractivity contribution < 1.29 is 14.1 Å². The van der Waals surface area contributed by atoms with E-state index in [1.54, 1.807) is 0 Å². The molecule has 1 saturated heterocycles. The normalized spacial score (nSPS) is 29.2. The largest absolute Gasteiger partial charge is 0.378 e. The second kappa shape index (κ2) is 7.19. The first-order chi connectivity index (χ1) is 10.7. The Bertz CT molecular complexity index is 491. The molecule has 1 aliphatic carbocycles. The van der Waals surface area contributed by atoms with Gasteiger partial charge in [0, 0.05) is 31.0 Å². The van der Waals surface area contributed by atoms with Gasteiger partial charge in [0.05, 0.1) is 13.2 Å². The van der Waals surface area contributed by atoms with Crippen molar-refractivity contribution in [2.45, 2.75) is 57.0 Å². The number of amides is 1. The van der Waals surface area contributed by atoms with E-state index in [4.69, 9.17) is 9.26 Å². The van der Waals surface area contributed by atoms with Crippen LogP contribution in [0.15, 0.2) is 4.52 Å². The fraction of sp³-hybridized carbons (Fsp3) is 0.800. The quantitative estimate of drug-likeness (QED) is 0.859. The molecule has 2 heterocycles. The van der Waals surface area contributed by atoms with Gasteiger partial charge in [-0.05, 0) is 32.6 Å². The van der Waals surface area contributed by atoms with Crippen LogP contribution in [0.4, 0.5) is 0 Å². The molecule has 0 aromatic carbocycles. The smallest absolute Gasteiger partial charge is 0.229 e. The Morgan fingerprint density at radius 3 is 2.82 bits per heavy atom. The van der Waals surface area contributed by atoms with E-state index in [-0.39, 0.29) is 18.0 Å². The Kier molecular flexibility index (Phi) is 5.04. The molecule has 0 bridgehead atoms. The molecular weight excluding hydrogens is 284 g/mol. The zero-order valence-electron chi connectivity index (χ0n) is 13.0. The maximum absolute atomic E-state index is 12.1. The van der Waals surface area contributed by atoms with Crippen LogP contribution < -0.4 is 10.6 Å². The molecule has 2 N–H and O–H groups in total. The zero-order chi connectivity index (χ0) is 15.4. The number of nitrogens with one attached hydrogen (secondary N) is 2. The summed E-state index contributed by atoms with van der Waals surface area (Å²) in [6, 6.07) is 0.406. The molecule has 2 aliphatic rings. The van der Waals surface area contributed by atoms with Crippen LogP contribution in [0.25, 0.3) is 0 Å². The Labute approximate surface area is 130 Å². The first kappa shape index (κ1) is 15.4. The highest BCUT2D eigenvalue weighted by molar-refractivity contribution is 5.76. The number of hydrogen-bond donors (Lipinski definition) is 2. The van der Waals surface area contributed by atoms with Gasteiger partial charge in [-0.25, -0.2) is 0 Å². The Morgan fingerprint density at radius 2 is 2.18 bits per heavy atom. The maximum atomic E-state index is 12.1. The molecule has 1 unspecified atom stereocenters. The molecule has 0 radical (unpaired) electrons. The van der Waals surface area contributed by atoms with Crippen molar-refractivity contribution in [2.24, 2.45) is 0 Å². The van der Waals surface area contributed by atoms with Gasteiger partial charge in [0.25, 0.3) is 0 Å². The summed E-state index contributed by atoms with van der Waals surface area (Å²) in [5.74, 6) is 1.88. The summed E-state index contributed by atoms with van der Waals surface area (Å²) in [5.41, 5.74) is 0. The molecule has 1 aromatic rings. The summed E-state index contributed by atoms with van der Waals surface area (Å²) < 4.78 is 10.6. The van der Waals surface area contributed by atoms with E-state index in [1.165, 1.54) is 0 Å². The Balaban J connectivity index is 1.40. The van der Waals surface area contributed by atoms with Gasteiger partial charge in [0.15, 0.2) is 5.82 Å². The maximum Gasteiger partial charge on any atom is 0.229 e. The molecule has 1 aliphatic heterocycles. The van der Waals surface area contributed by atoms with Crippen LogP contribution >= 0.6 is 0 Å². The van der Waals surface area contributed by atoms with Gasteiger partial charge in [-0.15, -0.1) is 0 Å². The fourth-order valence-corrected chi connectivity index (χ4v) is 3.22. The van der Waals surface area contributed by atoms with Crippen molar-refractivity contribution in [3.05, 3.63) is 11.7 Å². The predicted octanol–water partition coefficient (Wildman–Crippen LogP) is 0.899. The lowest BCUT2D eigenvalue weighted by molar-refractivity contribution is -0.123. The summed E-state index contributed by atoms with van der Waals surface area (Å²) in [5, 5.41) is 10.3. The first-order valence-corrected chi connectivity index (χ1v) is 8.11. The number of ether oxygens (including phenoxy) is 1. The van der Waals surface area contributed by atoms with Crippen LogP contribution in [-0.2, 0) is 9.53 Å². The van der Waals surface area contributed by atoms with Gasteiger partial charge in [-0.3, -0.25) is 4.79 Å². The summed E-state index contributed by atoms with van der Waals surface area (Å²) in [6.07, 6.45) is 4.39. The van der Waals surface area contributed by atoms with Crippen LogP contribution in [0.1, 0.15) is 49.7 Å². The van der Waals surface area contributed by atoms with Crippen molar-refractivity contribution in [2.75, 3.05) is 19.8 Å².